The van der Waals surface area contributed by atoms with E-state index in [0.717, 1.165) is 16.7 Å². The molecule has 104 valence electrons. The van der Waals surface area contributed by atoms with E-state index in [-0.39, 0.29) is 25.2 Å². The highest BCUT2D eigenvalue weighted by Crippen LogP contribution is 2.23. The van der Waals surface area contributed by atoms with Crippen LogP contribution in [0, 0.1) is 6.92 Å². The maximum Gasteiger partial charge on any atom is 0.302 e. The molecule has 0 spiro atoms. The Morgan fingerprint density at radius 2 is 1.42 bits per heavy atom. The Morgan fingerprint density at radius 1 is 1.00 bits per heavy atom. The molecule has 5 nitrogen and oxygen atoms in total. The van der Waals surface area contributed by atoms with Gasteiger partial charge in [-0.25, -0.2) is 0 Å². The van der Waals surface area contributed by atoms with Crippen LogP contribution in [0.5, 0.6) is 5.75 Å². The summed E-state index contributed by atoms with van der Waals surface area (Å²) >= 11 is 0. The zero-order valence-corrected chi connectivity index (χ0v) is 11.6. The second kappa shape index (κ2) is 6.78. The van der Waals surface area contributed by atoms with Crippen molar-refractivity contribution in [2.24, 2.45) is 0 Å². The smallest absolute Gasteiger partial charge is 0.302 e. The van der Waals surface area contributed by atoms with Crippen LogP contribution in [0.2, 0.25) is 0 Å². The highest BCUT2D eigenvalue weighted by atomic mass is 16.5. The molecule has 1 aromatic carbocycles. The van der Waals surface area contributed by atoms with Crippen LogP contribution >= 0.6 is 0 Å². The average Bonchev–Trinajstić information content (AvgIpc) is 2.35. The Hall–Kier alpha value is -2.04. The van der Waals surface area contributed by atoms with Crippen molar-refractivity contribution >= 4 is 11.9 Å². The fourth-order valence-corrected chi connectivity index (χ4v) is 1.58. The van der Waals surface area contributed by atoms with Gasteiger partial charge in [-0.2, -0.15) is 0 Å². The highest BCUT2D eigenvalue weighted by molar-refractivity contribution is 5.66. The molecular weight excluding hydrogens is 248 g/mol. The van der Waals surface area contributed by atoms with Gasteiger partial charge >= 0.3 is 11.9 Å². The van der Waals surface area contributed by atoms with Crippen molar-refractivity contribution in [3.8, 4) is 5.75 Å². The molecule has 0 aliphatic rings. The van der Waals surface area contributed by atoms with Crippen molar-refractivity contribution in [1.82, 2.24) is 0 Å². The van der Waals surface area contributed by atoms with E-state index in [1.807, 2.05) is 6.92 Å². The van der Waals surface area contributed by atoms with Crippen LogP contribution in [0.25, 0.3) is 0 Å². The molecule has 0 N–H and O–H groups in total. The van der Waals surface area contributed by atoms with Crippen LogP contribution in [-0.2, 0) is 32.3 Å². The lowest BCUT2D eigenvalue weighted by Gasteiger charge is -2.14. The highest BCUT2D eigenvalue weighted by Gasteiger charge is 2.10. The summed E-state index contributed by atoms with van der Waals surface area (Å²) in [7, 11) is 1.55. The number of carbonyl (C=O) groups excluding carboxylic acids is 2. The van der Waals surface area contributed by atoms with Gasteiger partial charge in [-0.1, -0.05) is 0 Å². The second-order valence-corrected chi connectivity index (χ2v) is 4.13. The van der Waals surface area contributed by atoms with Crippen molar-refractivity contribution in [1.29, 1.82) is 0 Å². The van der Waals surface area contributed by atoms with Crippen LogP contribution in [0.3, 0.4) is 0 Å². The summed E-state index contributed by atoms with van der Waals surface area (Å²) in [5.41, 5.74) is 2.58. The summed E-state index contributed by atoms with van der Waals surface area (Å²) in [5, 5.41) is 0. The monoisotopic (exact) mass is 266 g/mol. The molecule has 0 saturated carbocycles. The van der Waals surface area contributed by atoms with Crippen molar-refractivity contribution in [2.75, 3.05) is 7.11 Å². The fraction of sp³-hybridized carbons (Fsp3) is 0.429. The lowest BCUT2D eigenvalue weighted by atomic mass is 10.0. The minimum Gasteiger partial charge on any atom is -0.497 e. The normalized spacial score (nSPS) is 9.89. The van der Waals surface area contributed by atoms with E-state index >= 15 is 0 Å². The largest absolute Gasteiger partial charge is 0.497 e. The van der Waals surface area contributed by atoms with Gasteiger partial charge < -0.3 is 14.2 Å². The molecule has 0 aliphatic carbocycles. The Bertz CT molecular complexity index is 440. The Labute approximate surface area is 112 Å². The third kappa shape index (κ3) is 4.62. The number of ether oxygens (including phenoxy) is 3. The Kier molecular flexibility index (Phi) is 5.36. The number of esters is 2. The van der Waals surface area contributed by atoms with Gasteiger partial charge in [0.1, 0.15) is 19.0 Å². The van der Waals surface area contributed by atoms with E-state index in [4.69, 9.17) is 14.2 Å². The summed E-state index contributed by atoms with van der Waals surface area (Å²) in [6.45, 7) is 4.94. The van der Waals surface area contributed by atoms with Crippen LogP contribution in [-0.4, -0.2) is 19.0 Å². The maximum atomic E-state index is 10.9. The molecule has 5 heteroatoms. The number of benzene rings is 1. The van der Waals surface area contributed by atoms with E-state index < -0.39 is 0 Å². The number of rotatable bonds is 5. The molecular formula is C14H18O5. The van der Waals surface area contributed by atoms with Crippen molar-refractivity contribution < 1.29 is 23.8 Å². The molecule has 0 fully saturated rings. The van der Waals surface area contributed by atoms with Gasteiger partial charge in [-0.15, -0.1) is 0 Å². The first-order chi connectivity index (χ1) is 8.93. The molecule has 1 aromatic rings. The van der Waals surface area contributed by atoms with Crippen molar-refractivity contribution in [3.63, 3.8) is 0 Å². The standard InChI is InChI=1S/C14H18O5/c1-9-12(7-18-10(2)15)5-14(17-4)6-13(9)8-19-11(3)16/h5-6H,7-8H2,1-4H3. The summed E-state index contributed by atoms with van der Waals surface area (Å²) in [4.78, 5) is 21.7. The van der Waals surface area contributed by atoms with Crippen molar-refractivity contribution in [3.05, 3.63) is 28.8 Å². The first-order valence-corrected chi connectivity index (χ1v) is 5.87. The molecule has 0 aliphatic heterocycles. The summed E-state index contributed by atoms with van der Waals surface area (Å²) in [5.74, 6) is -0.0533. The SMILES string of the molecule is COc1cc(COC(C)=O)c(C)c(COC(C)=O)c1. The second-order valence-electron chi connectivity index (χ2n) is 4.13. The third-order valence-corrected chi connectivity index (χ3v) is 2.69. The van der Waals surface area contributed by atoms with Crippen LogP contribution in [0.4, 0.5) is 0 Å². The van der Waals surface area contributed by atoms with Crippen molar-refractivity contribution in [2.45, 2.75) is 34.0 Å². The van der Waals surface area contributed by atoms with Gasteiger partial charge in [0.25, 0.3) is 0 Å². The Morgan fingerprint density at radius 3 is 1.74 bits per heavy atom. The van der Waals surface area contributed by atoms with E-state index in [0.29, 0.717) is 5.75 Å². The predicted octanol–water partition coefficient (Wildman–Crippen LogP) is 2.13. The first kappa shape index (κ1) is 15.0. The van der Waals surface area contributed by atoms with Gasteiger partial charge in [0, 0.05) is 13.8 Å². The summed E-state index contributed by atoms with van der Waals surface area (Å²) in [6.07, 6.45) is 0. The molecule has 0 radical (unpaired) electrons. The lowest BCUT2D eigenvalue weighted by molar-refractivity contribution is -0.142. The number of methoxy groups -OCH3 is 1. The molecule has 0 amide bonds. The van der Waals surface area contributed by atoms with Gasteiger partial charge in [0.15, 0.2) is 0 Å². The topological polar surface area (TPSA) is 61.8 Å². The maximum absolute atomic E-state index is 10.9. The van der Waals surface area contributed by atoms with Crippen LogP contribution in [0.1, 0.15) is 30.5 Å². The van der Waals surface area contributed by atoms with E-state index in [2.05, 4.69) is 0 Å². The molecule has 0 unspecified atom stereocenters. The zero-order chi connectivity index (χ0) is 14.4. The molecule has 0 atom stereocenters. The first-order valence-electron chi connectivity index (χ1n) is 5.87. The van der Waals surface area contributed by atoms with E-state index in [9.17, 15) is 9.59 Å². The summed E-state index contributed by atoms with van der Waals surface area (Å²) < 4.78 is 15.2. The average molecular weight is 266 g/mol. The van der Waals surface area contributed by atoms with E-state index in [1.165, 1.54) is 13.8 Å². The summed E-state index contributed by atoms with van der Waals surface area (Å²) in [6, 6.07) is 3.60. The minimum atomic E-state index is -0.344. The lowest BCUT2D eigenvalue weighted by Crippen LogP contribution is -2.06. The quantitative estimate of drug-likeness (QED) is 0.764. The third-order valence-electron chi connectivity index (χ3n) is 2.69. The number of hydrogen-bond donors (Lipinski definition) is 0. The zero-order valence-electron chi connectivity index (χ0n) is 11.6. The number of hydrogen-bond acceptors (Lipinski definition) is 5. The predicted molar refractivity (Wildman–Crippen MR) is 68.7 cm³/mol. The van der Waals surface area contributed by atoms with Gasteiger partial charge in [-0.05, 0) is 35.7 Å². The van der Waals surface area contributed by atoms with Crippen LogP contribution in [0.15, 0.2) is 12.1 Å². The van der Waals surface area contributed by atoms with Crippen LogP contribution < -0.4 is 4.74 Å². The number of carbonyl (C=O) groups is 2. The molecule has 0 bridgehead atoms. The van der Waals surface area contributed by atoms with E-state index in [1.54, 1.807) is 19.2 Å². The van der Waals surface area contributed by atoms with Gasteiger partial charge in [0.2, 0.25) is 0 Å². The van der Waals surface area contributed by atoms with Gasteiger partial charge in [0.05, 0.1) is 7.11 Å². The molecule has 1 rings (SSSR count). The molecule has 0 saturated heterocycles. The Balaban J connectivity index is 2.98. The molecule has 0 aromatic heterocycles. The molecule has 0 heterocycles. The minimum absolute atomic E-state index is 0.172. The van der Waals surface area contributed by atoms with Gasteiger partial charge in [-0.3, -0.25) is 9.59 Å². The molecule has 19 heavy (non-hydrogen) atoms. The fourth-order valence-electron chi connectivity index (χ4n) is 1.58.